The number of aromatic nitrogens is 2. The summed E-state index contributed by atoms with van der Waals surface area (Å²) in [5, 5.41) is 8.84. The maximum Gasteiger partial charge on any atom is 0.231 e. The Bertz CT molecular complexity index is 754. The molecule has 23 heavy (non-hydrogen) atoms. The van der Waals surface area contributed by atoms with E-state index in [1.807, 2.05) is 12.1 Å². The average Bonchev–Trinajstić information content (AvgIpc) is 3.18. The fraction of sp³-hybridized carbons (Fsp3) is 0.556. The molecule has 2 aliphatic rings. The summed E-state index contributed by atoms with van der Waals surface area (Å²) in [5.74, 6) is 3.31. The topological polar surface area (TPSA) is 60.1 Å². The lowest BCUT2D eigenvalue weighted by atomic mass is 9.88. The molecule has 2 heterocycles. The number of benzene rings is 1. The lowest BCUT2D eigenvalue weighted by Gasteiger charge is -2.22. The van der Waals surface area contributed by atoms with Gasteiger partial charge in [0.05, 0.1) is 17.1 Å². The third kappa shape index (κ3) is 2.63. The highest BCUT2D eigenvalue weighted by atomic mass is 16.7. The molecule has 0 saturated heterocycles. The highest BCUT2D eigenvalue weighted by Gasteiger charge is 2.24. The van der Waals surface area contributed by atoms with Gasteiger partial charge in [-0.05, 0) is 19.3 Å². The van der Waals surface area contributed by atoms with Crippen LogP contribution in [0.15, 0.2) is 12.1 Å². The maximum atomic E-state index is 8.84. The number of unbranched alkanes of at least 4 members (excludes halogenated alkanes) is 1. The number of imidazole rings is 1. The molecule has 1 aromatic carbocycles. The van der Waals surface area contributed by atoms with Crippen LogP contribution in [0.1, 0.15) is 56.7 Å². The molecule has 0 unspecified atom stereocenters. The SMILES string of the molecule is N#CCCCn1c(C2CCCCC2)nc2cc3c(cc21)OCO3. The first-order chi connectivity index (χ1) is 11.4. The van der Waals surface area contributed by atoms with Gasteiger partial charge >= 0.3 is 0 Å². The van der Waals surface area contributed by atoms with Crippen molar-refractivity contribution in [1.29, 1.82) is 5.26 Å². The predicted molar refractivity (Wildman–Crippen MR) is 86.5 cm³/mol. The molecule has 0 bridgehead atoms. The molecule has 1 aromatic heterocycles. The van der Waals surface area contributed by atoms with E-state index < -0.39 is 0 Å². The number of aryl methyl sites for hydroxylation is 1. The van der Waals surface area contributed by atoms with Crippen molar-refractivity contribution < 1.29 is 9.47 Å². The second-order valence-corrected chi connectivity index (χ2v) is 6.41. The predicted octanol–water partition coefficient (Wildman–Crippen LogP) is 4.12. The van der Waals surface area contributed by atoms with Gasteiger partial charge in [-0.25, -0.2) is 4.98 Å². The smallest absolute Gasteiger partial charge is 0.231 e. The molecular formula is C18H21N3O2. The van der Waals surface area contributed by atoms with E-state index in [1.54, 1.807) is 0 Å². The minimum atomic E-state index is 0.284. The molecule has 1 aliphatic heterocycles. The van der Waals surface area contributed by atoms with Crippen LogP contribution < -0.4 is 9.47 Å². The molecule has 2 aromatic rings. The molecule has 1 fully saturated rings. The van der Waals surface area contributed by atoms with Crippen molar-refractivity contribution in [3.05, 3.63) is 18.0 Å². The van der Waals surface area contributed by atoms with E-state index >= 15 is 0 Å². The van der Waals surface area contributed by atoms with Gasteiger partial charge in [-0.15, -0.1) is 0 Å². The Hall–Kier alpha value is -2.22. The lowest BCUT2D eigenvalue weighted by molar-refractivity contribution is 0.174. The van der Waals surface area contributed by atoms with Crippen molar-refractivity contribution in [3.63, 3.8) is 0 Å². The Kier molecular flexibility index (Phi) is 3.82. The first-order valence-corrected chi connectivity index (χ1v) is 8.53. The van der Waals surface area contributed by atoms with Gasteiger partial charge in [0.25, 0.3) is 0 Å². The zero-order chi connectivity index (χ0) is 15.6. The minimum Gasteiger partial charge on any atom is -0.454 e. The van der Waals surface area contributed by atoms with Crippen LogP contribution in [0.2, 0.25) is 0 Å². The average molecular weight is 311 g/mol. The van der Waals surface area contributed by atoms with E-state index in [0.717, 1.165) is 35.5 Å². The molecule has 0 amide bonds. The van der Waals surface area contributed by atoms with Crippen LogP contribution in [0.5, 0.6) is 11.5 Å². The summed E-state index contributed by atoms with van der Waals surface area (Å²) in [6.07, 6.45) is 7.78. The molecule has 0 N–H and O–H groups in total. The van der Waals surface area contributed by atoms with Crippen LogP contribution in [-0.4, -0.2) is 16.3 Å². The molecule has 120 valence electrons. The van der Waals surface area contributed by atoms with Crippen molar-refractivity contribution in [2.75, 3.05) is 6.79 Å². The van der Waals surface area contributed by atoms with E-state index in [9.17, 15) is 0 Å². The summed E-state index contributed by atoms with van der Waals surface area (Å²) < 4.78 is 13.3. The summed E-state index contributed by atoms with van der Waals surface area (Å²) in [5.41, 5.74) is 2.08. The third-order valence-corrected chi connectivity index (χ3v) is 4.91. The van der Waals surface area contributed by atoms with Gasteiger partial charge in [0.2, 0.25) is 6.79 Å². The highest BCUT2D eigenvalue weighted by Crippen LogP contribution is 2.39. The van der Waals surface area contributed by atoms with E-state index in [4.69, 9.17) is 19.7 Å². The van der Waals surface area contributed by atoms with Crippen LogP contribution in [0.25, 0.3) is 11.0 Å². The Balaban J connectivity index is 1.76. The number of nitriles is 1. The van der Waals surface area contributed by atoms with Gasteiger partial charge in [0.15, 0.2) is 11.5 Å². The Morgan fingerprint density at radius 1 is 1.17 bits per heavy atom. The van der Waals surface area contributed by atoms with Gasteiger partial charge < -0.3 is 14.0 Å². The zero-order valence-electron chi connectivity index (χ0n) is 13.3. The van der Waals surface area contributed by atoms with E-state index in [1.165, 1.54) is 37.9 Å². The van der Waals surface area contributed by atoms with E-state index in [2.05, 4.69) is 10.6 Å². The number of rotatable bonds is 4. The molecular weight excluding hydrogens is 290 g/mol. The summed E-state index contributed by atoms with van der Waals surface area (Å²) in [4.78, 5) is 4.94. The van der Waals surface area contributed by atoms with Crippen LogP contribution in [-0.2, 0) is 6.54 Å². The Morgan fingerprint density at radius 2 is 1.96 bits per heavy atom. The number of nitrogens with zero attached hydrogens (tertiary/aromatic N) is 3. The molecule has 5 nitrogen and oxygen atoms in total. The van der Waals surface area contributed by atoms with Crippen LogP contribution in [0.4, 0.5) is 0 Å². The molecule has 1 aliphatic carbocycles. The second-order valence-electron chi connectivity index (χ2n) is 6.41. The monoisotopic (exact) mass is 311 g/mol. The molecule has 0 spiro atoms. The number of ether oxygens (including phenoxy) is 2. The standard InChI is InChI=1S/C18H21N3O2/c19-8-4-5-9-21-15-11-17-16(22-12-23-17)10-14(15)20-18(21)13-6-2-1-3-7-13/h10-11,13H,1-7,9,12H2. The molecule has 0 radical (unpaired) electrons. The molecule has 0 atom stereocenters. The Labute approximate surface area is 135 Å². The summed E-state index contributed by atoms with van der Waals surface area (Å²) in [6.45, 7) is 1.13. The van der Waals surface area contributed by atoms with Gasteiger partial charge in [0.1, 0.15) is 5.82 Å². The van der Waals surface area contributed by atoms with Crippen molar-refractivity contribution in [1.82, 2.24) is 9.55 Å². The fourth-order valence-corrected chi connectivity index (χ4v) is 3.76. The van der Waals surface area contributed by atoms with Gasteiger partial charge in [-0.3, -0.25) is 0 Å². The maximum absolute atomic E-state index is 8.84. The van der Waals surface area contributed by atoms with E-state index in [0.29, 0.717) is 12.3 Å². The van der Waals surface area contributed by atoms with Gasteiger partial charge in [0, 0.05) is 31.0 Å². The Morgan fingerprint density at radius 3 is 2.74 bits per heavy atom. The highest BCUT2D eigenvalue weighted by molar-refractivity contribution is 5.81. The molecule has 5 heteroatoms. The fourth-order valence-electron chi connectivity index (χ4n) is 3.76. The minimum absolute atomic E-state index is 0.284. The van der Waals surface area contributed by atoms with Gasteiger partial charge in [-0.1, -0.05) is 19.3 Å². The number of hydrogen-bond donors (Lipinski definition) is 0. The number of hydrogen-bond acceptors (Lipinski definition) is 4. The second kappa shape index (κ2) is 6.11. The lowest BCUT2D eigenvalue weighted by Crippen LogP contribution is -2.12. The first-order valence-electron chi connectivity index (χ1n) is 8.53. The van der Waals surface area contributed by atoms with Crippen molar-refractivity contribution in [2.24, 2.45) is 0 Å². The quantitative estimate of drug-likeness (QED) is 0.797. The summed E-state index contributed by atoms with van der Waals surface area (Å²) in [6, 6.07) is 6.28. The summed E-state index contributed by atoms with van der Waals surface area (Å²) >= 11 is 0. The molecule has 1 saturated carbocycles. The number of fused-ring (bicyclic) bond motifs is 2. The summed E-state index contributed by atoms with van der Waals surface area (Å²) in [7, 11) is 0. The molecule has 4 rings (SSSR count). The van der Waals surface area contributed by atoms with Crippen LogP contribution >= 0.6 is 0 Å². The largest absolute Gasteiger partial charge is 0.454 e. The third-order valence-electron chi connectivity index (χ3n) is 4.91. The van der Waals surface area contributed by atoms with E-state index in [-0.39, 0.29) is 6.79 Å². The van der Waals surface area contributed by atoms with Crippen molar-refractivity contribution in [3.8, 4) is 17.6 Å². The zero-order valence-corrected chi connectivity index (χ0v) is 13.3. The normalized spacial score (nSPS) is 17.5. The van der Waals surface area contributed by atoms with Crippen LogP contribution in [0.3, 0.4) is 0 Å². The van der Waals surface area contributed by atoms with Crippen LogP contribution in [0, 0.1) is 11.3 Å². The van der Waals surface area contributed by atoms with Crippen molar-refractivity contribution >= 4 is 11.0 Å². The van der Waals surface area contributed by atoms with Crippen molar-refractivity contribution in [2.45, 2.75) is 57.4 Å². The first kappa shape index (κ1) is 14.4. The van der Waals surface area contributed by atoms with Gasteiger partial charge in [-0.2, -0.15) is 5.26 Å².